The second-order valence-electron chi connectivity index (χ2n) is 4.91. The number of nitro benzene ring substituents is 1. The Hall–Kier alpha value is -1.14. The Morgan fingerprint density at radius 2 is 2.10 bits per heavy atom. The largest absolute Gasteiger partial charge is 0.348 e. The van der Waals surface area contributed by atoms with E-state index >= 15 is 0 Å². The summed E-state index contributed by atoms with van der Waals surface area (Å²) in [5.41, 5.74) is 0.000748. The Balaban J connectivity index is 2.88. The summed E-state index contributed by atoms with van der Waals surface area (Å²) in [4.78, 5) is 22.3. The maximum atomic E-state index is 12.1. The van der Waals surface area contributed by atoms with E-state index in [0.717, 1.165) is 6.42 Å². The third-order valence-corrected chi connectivity index (χ3v) is 3.63. The van der Waals surface area contributed by atoms with E-state index in [9.17, 15) is 14.9 Å². The van der Waals surface area contributed by atoms with Gasteiger partial charge >= 0.3 is 0 Å². The summed E-state index contributed by atoms with van der Waals surface area (Å²) in [6, 6.07) is 3.83. The highest BCUT2D eigenvalue weighted by Gasteiger charge is 2.17. The van der Waals surface area contributed by atoms with E-state index in [-0.39, 0.29) is 28.2 Å². The number of hydrogen-bond donors (Lipinski definition) is 1. The highest BCUT2D eigenvalue weighted by Crippen LogP contribution is 2.21. The van der Waals surface area contributed by atoms with Crippen LogP contribution in [0.1, 0.15) is 30.6 Å². The molecule has 0 radical (unpaired) electrons. The van der Waals surface area contributed by atoms with Crippen LogP contribution in [0, 0.1) is 16.0 Å². The lowest BCUT2D eigenvalue weighted by atomic mass is 10.0. The summed E-state index contributed by atoms with van der Waals surface area (Å²) in [6.07, 6.45) is 0.819. The molecule has 0 aromatic heterocycles. The standard InChI is InChI=1S/C13H16BrClN2O3/c1-8(2)3-11(7-14)16-13(18)9-4-10(15)6-12(5-9)17(19)20/h4-6,8,11H,3,7H2,1-2H3,(H,16,18). The molecule has 1 amide bonds. The summed E-state index contributed by atoms with van der Waals surface area (Å²) in [7, 11) is 0. The summed E-state index contributed by atoms with van der Waals surface area (Å²) < 4.78 is 0. The maximum Gasteiger partial charge on any atom is 0.271 e. The van der Waals surface area contributed by atoms with Crippen LogP contribution < -0.4 is 5.32 Å². The lowest BCUT2D eigenvalue weighted by molar-refractivity contribution is -0.384. The minimum Gasteiger partial charge on any atom is -0.348 e. The molecule has 1 unspecified atom stereocenters. The zero-order chi connectivity index (χ0) is 15.3. The number of rotatable bonds is 6. The molecule has 0 fully saturated rings. The molecule has 0 aliphatic heterocycles. The normalized spacial score (nSPS) is 12.2. The fourth-order valence-corrected chi connectivity index (χ4v) is 2.46. The molecule has 0 spiro atoms. The maximum absolute atomic E-state index is 12.1. The van der Waals surface area contributed by atoms with Gasteiger partial charge in [0.1, 0.15) is 0 Å². The molecular weight excluding hydrogens is 348 g/mol. The fraction of sp³-hybridized carbons (Fsp3) is 0.462. The monoisotopic (exact) mass is 362 g/mol. The predicted molar refractivity (Wildman–Crippen MR) is 82.6 cm³/mol. The van der Waals surface area contributed by atoms with Crippen LogP contribution in [-0.2, 0) is 0 Å². The number of hydrogen-bond acceptors (Lipinski definition) is 3. The van der Waals surface area contributed by atoms with E-state index in [1.807, 2.05) is 0 Å². The highest BCUT2D eigenvalue weighted by molar-refractivity contribution is 9.09. The quantitative estimate of drug-likeness (QED) is 0.475. The molecular formula is C13H16BrClN2O3. The van der Waals surface area contributed by atoms with Crippen molar-refractivity contribution in [1.82, 2.24) is 5.32 Å². The van der Waals surface area contributed by atoms with Crippen LogP contribution >= 0.6 is 27.5 Å². The van der Waals surface area contributed by atoms with Gasteiger partial charge in [-0.05, 0) is 18.4 Å². The van der Waals surface area contributed by atoms with E-state index in [0.29, 0.717) is 11.2 Å². The van der Waals surface area contributed by atoms with Crippen LogP contribution in [-0.4, -0.2) is 22.2 Å². The van der Waals surface area contributed by atoms with Gasteiger partial charge in [0.05, 0.1) is 4.92 Å². The third kappa shape index (κ3) is 5.09. The number of amides is 1. The Kier molecular flexibility index (Phi) is 6.42. The van der Waals surface area contributed by atoms with Crippen molar-refractivity contribution < 1.29 is 9.72 Å². The van der Waals surface area contributed by atoms with E-state index in [4.69, 9.17) is 11.6 Å². The van der Waals surface area contributed by atoms with Gasteiger partial charge in [0.15, 0.2) is 0 Å². The van der Waals surface area contributed by atoms with E-state index in [1.165, 1.54) is 18.2 Å². The molecule has 0 aliphatic carbocycles. The molecule has 1 aromatic carbocycles. The van der Waals surface area contributed by atoms with Crippen molar-refractivity contribution in [3.8, 4) is 0 Å². The lowest BCUT2D eigenvalue weighted by Gasteiger charge is -2.18. The zero-order valence-electron chi connectivity index (χ0n) is 11.2. The zero-order valence-corrected chi connectivity index (χ0v) is 13.6. The minimum absolute atomic E-state index is 0.0273. The Morgan fingerprint density at radius 1 is 1.45 bits per heavy atom. The van der Waals surface area contributed by atoms with E-state index < -0.39 is 4.92 Å². The minimum atomic E-state index is -0.571. The number of alkyl halides is 1. The number of nitrogens with one attached hydrogen (secondary N) is 1. The molecule has 20 heavy (non-hydrogen) atoms. The second kappa shape index (κ2) is 7.59. The van der Waals surface area contributed by atoms with Crippen molar-refractivity contribution in [3.05, 3.63) is 38.9 Å². The summed E-state index contributed by atoms with van der Waals surface area (Å²) in [6.45, 7) is 4.12. The van der Waals surface area contributed by atoms with Crippen molar-refractivity contribution in [2.24, 2.45) is 5.92 Å². The SMILES string of the molecule is CC(C)CC(CBr)NC(=O)c1cc(Cl)cc([N+](=O)[O-])c1. The first kappa shape index (κ1) is 16.9. The van der Waals surface area contributed by atoms with Gasteiger partial charge < -0.3 is 5.32 Å². The van der Waals surface area contributed by atoms with Crippen LogP contribution in [0.15, 0.2) is 18.2 Å². The molecule has 0 saturated heterocycles. The number of nitro groups is 1. The molecule has 1 aromatic rings. The molecule has 0 saturated carbocycles. The molecule has 110 valence electrons. The first-order valence-corrected chi connectivity index (χ1v) is 7.65. The second-order valence-corrected chi connectivity index (χ2v) is 5.99. The molecule has 1 rings (SSSR count). The van der Waals surface area contributed by atoms with Gasteiger partial charge in [-0.25, -0.2) is 0 Å². The van der Waals surface area contributed by atoms with Crippen LogP contribution in [0.4, 0.5) is 5.69 Å². The highest BCUT2D eigenvalue weighted by atomic mass is 79.9. The average molecular weight is 364 g/mol. The van der Waals surface area contributed by atoms with Gasteiger partial charge in [-0.15, -0.1) is 0 Å². The Labute approximate surface area is 131 Å². The average Bonchev–Trinajstić information content (AvgIpc) is 2.36. The first-order valence-electron chi connectivity index (χ1n) is 6.15. The molecule has 0 bridgehead atoms. The molecule has 5 nitrogen and oxygen atoms in total. The molecule has 0 aliphatic rings. The number of non-ortho nitro benzene ring substituents is 1. The Bertz CT molecular complexity index is 508. The van der Waals surface area contributed by atoms with Crippen LogP contribution in [0.5, 0.6) is 0 Å². The van der Waals surface area contributed by atoms with Crippen LogP contribution in [0.2, 0.25) is 5.02 Å². The summed E-state index contributed by atoms with van der Waals surface area (Å²) >= 11 is 9.15. The van der Waals surface area contributed by atoms with Gasteiger partial charge in [-0.2, -0.15) is 0 Å². The molecule has 0 heterocycles. The molecule has 1 N–H and O–H groups in total. The van der Waals surface area contributed by atoms with Crippen molar-refractivity contribution in [2.75, 3.05) is 5.33 Å². The van der Waals surface area contributed by atoms with E-state index in [1.54, 1.807) is 0 Å². The number of carbonyl (C=O) groups excluding carboxylic acids is 1. The lowest BCUT2D eigenvalue weighted by Crippen LogP contribution is -2.37. The smallest absolute Gasteiger partial charge is 0.271 e. The number of benzene rings is 1. The van der Waals surface area contributed by atoms with Crippen molar-refractivity contribution in [3.63, 3.8) is 0 Å². The predicted octanol–water partition coefficient (Wildman–Crippen LogP) is 3.79. The number of nitrogens with zero attached hydrogens (tertiary/aromatic N) is 1. The number of halogens is 2. The third-order valence-electron chi connectivity index (χ3n) is 2.63. The van der Waals surface area contributed by atoms with Crippen LogP contribution in [0.25, 0.3) is 0 Å². The fourth-order valence-electron chi connectivity index (χ4n) is 1.81. The first-order chi connectivity index (χ1) is 9.33. The van der Waals surface area contributed by atoms with Gasteiger partial charge in [0, 0.05) is 34.1 Å². The van der Waals surface area contributed by atoms with Gasteiger partial charge in [-0.1, -0.05) is 41.4 Å². The molecule has 1 atom stereocenters. The van der Waals surface area contributed by atoms with Gasteiger partial charge in [-0.3, -0.25) is 14.9 Å². The van der Waals surface area contributed by atoms with Gasteiger partial charge in [0.25, 0.3) is 11.6 Å². The van der Waals surface area contributed by atoms with Crippen molar-refractivity contribution in [1.29, 1.82) is 0 Å². The summed E-state index contributed by atoms with van der Waals surface area (Å²) in [5, 5.41) is 14.4. The summed E-state index contributed by atoms with van der Waals surface area (Å²) in [5.74, 6) is 0.0762. The topological polar surface area (TPSA) is 72.2 Å². The van der Waals surface area contributed by atoms with Crippen molar-refractivity contribution >= 4 is 39.1 Å². The van der Waals surface area contributed by atoms with Crippen LogP contribution in [0.3, 0.4) is 0 Å². The number of carbonyl (C=O) groups is 1. The van der Waals surface area contributed by atoms with Crippen molar-refractivity contribution in [2.45, 2.75) is 26.3 Å². The molecule has 7 heteroatoms. The Morgan fingerprint density at radius 3 is 2.60 bits per heavy atom. The van der Waals surface area contributed by atoms with E-state index in [2.05, 4.69) is 35.1 Å². The van der Waals surface area contributed by atoms with Gasteiger partial charge in [0.2, 0.25) is 0 Å².